The van der Waals surface area contributed by atoms with Gasteiger partial charge in [0, 0.05) is 52.2 Å². The molecule has 2 aromatic carbocycles. The number of nitrogens with zero attached hydrogens (tertiary/aromatic N) is 1. The summed E-state index contributed by atoms with van der Waals surface area (Å²) in [6.07, 6.45) is 1.83. The quantitative estimate of drug-likeness (QED) is 0.560. The van der Waals surface area contributed by atoms with Gasteiger partial charge in [-0.2, -0.15) is 0 Å². The number of aromatic nitrogens is 1. The maximum absolute atomic E-state index is 14.5. The van der Waals surface area contributed by atoms with Crippen molar-refractivity contribution < 1.29 is 22.7 Å². The molecule has 0 spiro atoms. The van der Waals surface area contributed by atoms with E-state index in [0.717, 1.165) is 24.3 Å². The van der Waals surface area contributed by atoms with E-state index in [4.69, 9.17) is 0 Å². The van der Waals surface area contributed by atoms with E-state index in [1.807, 2.05) is 0 Å². The van der Waals surface area contributed by atoms with Crippen molar-refractivity contribution in [2.45, 2.75) is 12.0 Å². The van der Waals surface area contributed by atoms with Crippen LogP contribution in [0.15, 0.2) is 66.5 Å². The van der Waals surface area contributed by atoms with Crippen LogP contribution in [0.25, 0.3) is 4.91 Å². The molecule has 1 N–H and O–H groups in total. The van der Waals surface area contributed by atoms with Crippen molar-refractivity contribution in [1.82, 2.24) is 4.98 Å². The predicted molar refractivity (Wildman–Crippen MR) is 104 cm³/mol. The van der Waals surface area contributed by atoms with Crippen LogP contribution in [0.3, 0.4) is 0 Å². The molecular weight excluding hydrogens is 402 g/mol. The van der Waals surface area contributed by atoms with E-state index < -0.39 is 35.3 Å². The molecule has 0 radical (unpaired) electrons. The Morgan fingerprint density at radius 3 is 2.34 bits per heavy atom. The van der Waals surface area contributed by atoms with E-state index in [-0.39, 0.29) is 11.1 Å². The largest absolute Gasteiger partial charge is 0.384 e. The lowest BCUT2D eigenvalue weighted by atomic mass is 9.85. The first-order chi connectivity index (χ1) is 14.0. The van der Waals surface area contributed by atoms with Gasteiger partial charge in [0.25, 0.3) is 0 Å². The molecule has 0 aliphatic carbocycles. The Balaban J connectivity index is 1.89. The van der Waals surface area contributed by atoms with Crippen LogP contribution in [0.4, 0.5) is 17.6 Å². The SMILES string of the molecule is OC(C1=C(c2ccc(F)cc2F)SCC1c1ccc(F)cc1F)c1cccnc1. The van der Waals surface area contributed by atoms with Gasteiger partial charge in [0.2, 0.25) is 0 Å². The average Bonchev–Trinajstić information content (AvgIpc) is 3.12. The monoisotopic (exact) mass is 417 g/mol. The molecule has 0 saturated heterocycles. The molecule has 148 valence electrons. The number of benzene rings is 2. The molecule has 1 aromatic heterocycles. The van der Waals surface area contributed by atoms with Crippen molar-refractivity contribution in [1.29, 1.82) is 0 Å². The third kappa shape index (κ3) is 3.80. The second-order valence-electron chi connectivity index (χ2n) is 6.63. The van der Waals surface area contributed by atoms with Crippen molar-refractivity contribution >= 4 is 16.7 Å². The van der Waals surface area contributed by atoms with Crippen LogP contribution in [-0.2, 0) is 0 Å². The fourth-order valence-corrected chi connectivity index (χ4v) is 4.91. The van der Waals surface area contributed by atoms with Crippen LogP contribution < -0.4 is 0 Å². The van der Waals surface area contributed by atoms with Gasteiger partial charge in [-0.1, -0.05) is 12.1 Å². The first-order valence-electron chi connectivity index (χ1n) is 8.81. The fraction of sp³-hybridized carbons (Fsp3) is 0.136. The van der Waals surface area contributed by atoms with E-state index >= 15 is 0 Å². The summed E-state index contributed by atoms with van der Waals surface area (Å²) in [4.78, 5) is 4.40. The molecule has 29 heavy (non-hydrogen) atoms. The number of rotatable bonds is 4. The summed E-state index contributed by atoms with van der Waals surface area (Å²) in [6, 6.07) is 9.76. The second kappa shape index (κ2) is 8.00. The maximum atomic E-state index is 14.5. The van der Waals surface area contributed by atoms with Gasteiger partial charge in [-0.3, -0.25) is 4.98 Å². The molecule has 0 saturated carbocycles. The van der Waals surface area contributed by atoms with Gasteiger partial charge in [0.1, 0.15) is 29.4 Å². The summed E-state index contributed by atoms with van der Waals surface area (Å²) < 4.78 is 55.8. The Morgan fingerprint density at radius 1 is 0.966 bits per heavy atom. The van der Waals surface area contributed by atoms with E-state index in [0.29, 0.717) is 21.8 Å². The van der Waals surface area contributed by atoms with E-state index in [2.05, 4.69) is 4.98 Å². The molecule has 2 nitrogen and oxygen atoms in total. The highest BCUT2D eigenvalue weighted by atomic mass is 32.2. The summed E-state index contributed by atoms with van der Waals surface area (Å²) in [5.41, 5.74) is 1.16. The second-order valence-corrected chi connectivity index (χ2v) is 7.66. The topological polar surface area (TPSA) is 33.1 Å². The first kappa shape index (κ1) is 19.7. The Morgan fingerprint density at radius 2 is 1.69 bits per heavy atom. The molecule has 1 aliphatic heterocycles. The molecule has 2 unspecified atom stereocenters. The number of thioether (sulfide) groups is 1. The molecule has 0 amide bonds. The van der Waals surface area contributed by atoms with Gasteiger partial charge in [0.15, 0.2) is 0 Å². The minimum Gasteiger partial charge on any atom is -0.384 e. The molecule has 2 atom stereocenters. The third-order valence-electron chi connectivity index (χ3n) is 4.84. The lowest BCUT2D eigenvalue weighted by Crippen LogP contribution is -2.12. The predicted octanol–water partition coefficient (Wildman–Crippen LogP) is 5.61. The minimum absolute atomic E-state index is 0.124. The molecular formula is C22H15F4NOS. The zero-order valence-corrected chi connectivity index (χ0v) is 15.8. The summed E-state index contributed by atoms with van der Waals surface area (Å²) in [5, 5.41) is 11.1. The molecule has 1 aliphatic rings. The molecule has 0 bridgehead atoms. The lowest BCUT2D eigenvalue weighted by molar-refractivity contribution is 0.210. The van der Waals surface area contributed by atoms with Gasteiger partial charge in [-0.15, -0.1) is 11.8 Å². The molecule has 2 heterocycles. The van der Waals surface area contributed by atoms with Crippen LogP contribution in [-0.4, -0.2) is 15.8 Å². The first-order valence-corrected chi connectivity index (χ1v) is 9.79. The van der Waals surface area contributed by atoms with Crippen molar-refractivity contribution in [2.75, 3.05) is 5.75 Å². The highest BCUT2D eigenvalue weighted by Crippen LogP contribution is 2.52. The summed E-state index contributed by atoms with van der Waals surface area (Å²) >= 11 is 1.24. The Hall–Kier alpha value is -2.64. The summed E-state index contributed by atoms with van der Waals surface area (Å²) in [5.74, 6) is -3.24. The van der Waals surface area contributed by atoms with E-state index in [1.54, 1.807) is 18.3 Å². The minimum atomic E-state index is -1.19. The number of halogens is 4. The highest BCUT2D eigenvalue weighted by molar-refractivity contribution is 8.08. The lowest BCUT2D eigenvalue weighted by Gasteiger charge is -2.22. The molecule has 4 rings (SSSR count). The van der Waals surface area contributed by atoms with Gasteiger partial charge >= 0.3 is 0 Å². The van der Waals surface area contributed by atoms with Crippen molar-refractivity contribution in [2.24, 2.45) is 0 Å². The number of aliphatic hydroxyl groups excluding tert-OH is 1. The van der Waals surface area contributed by atoms with Crippen LogP contribution in [0.5, 0.6) is 0 Å². The van der Waals surface area contributed by atoms with Crippen LogP contribution in [0, 0.1) is 23.3 Å². The summed E-state index contributed by atoms with van der Waals surface area (Å²) in [6.45, 7) is 0. The Bertz CT molecular complexity index is 1090. The van der Waals surface area contributed by atoms with Crippen molar-refractivity contribution in [3.8, 4) is 0 Å². The third-order valence-corrected chi connectivity index (χ3v) is 6.08. The smallest absolute Gasteiger partial charge is 0.134 e. The van der Waals surface area contributed by atoms with E-state index in [1.165, 1.54) is 30.1 Å². The van der Waals surface area contributed by atoms with Gasteiger partial charge in [-0.05, 0) is 35.4 Å². The summed E-state index contributed by atoms with van der Waals surface area (Å²) in [7, 11) is 0. The number of aliphatic hydroxyl groups is 1. The van der Waals surface area contributed by atoms with Crippen molar-refractivity contribution in [3.05, 3.63) is 106 Å². The number of hydrogen-bond donors (Lipinski definition) is 1. The normalized spacial score (nSPS) is 17.6. The maximum Gasteiger partial charge on any atom is 0.134 e. The average molecular weight is 417 g/mol. The number of hydrogen-bond acceptors (Lipinski definition) is 3. The number of pyridine rings is 1. The Labute approximate surface area is 168 Å². The zero-order chi connectivity index (χ0) is 20.5. The fourth-order valence-electron chi connectivity index (χ4n) is 3.48. The van der Waals surface area contributed by atoms with Crippen molar-refractivity contribution in [3.63, 3.8) is 0 Å². The van der Waals surface area contributed by atoms with E-state index in [9.17, 15) is 22.7 Å². The molecule has 3 aromatic rings. The Kier molecular flexibility index (Phi) is 5.43. The zero-order valence-electron chi connectivity index (χ0n) is 14.9. The molecule has 0 fully saturated rings. The van der Waals surface area contributed by atoms with Crippen LogP contribution in [0.1, 0.15) is 28.7 Å². The van der Waals surface area contributed by atoms with Gasteiger partial charge in [0.05, 0.1) is 0 Å². The van der Waals surface area contributed by atoms with Gasteiger partial charge in [-0.25, -0.2) is 17.6 Å². The van der Waals surface area contributed by atoms with Gasteiger partial charge < -0.3 is 5.11 Å². The van der Waals surface area contributed by atoms with Crippen LogP contribution >= 0.6 is 11.8 Å². The molecule has 7 heteroatoms. The standard InChI is InChI=1S/C22H15F4NOS/c23-13-3-5-15(18(25)8-13)17-11-29-22(16-6-4-14(24)9-19(16)26)20(17)21(28)12-2-1-7-27-10-12/h1-10,17,21,28H,11H2. The van der Waals surface area contributed by atoms with Crippen LogP contribution in [0.2, 0.25) is 0 Å². The highest BCUT2D eigenvalue weighted by Gasteiger charge is 2.36.